The molecule has 1 aromatic carbocycles. The van der Waals surface area contributed by atoms with Crippen LogP contribution in [0.3, 0.4) is 0 Å². The molecule has 11 heteroatoms. The maximum atomic E-state index is 14.3. The topological polar surface area (TPSA) is 110 Å². The van der Waals surface area contributed by atoms with Crippen molar-refractivity contribution in [2.75, 3.05) is 6.61 Å². The predicted octanol–water partition coefficient (Wildman–Crippen LogP) is 4.95. The molecule has 0 aliphatic heterocycles. The number of carbonyl (C=O) groups excluding carboxylic acids is 1. The number of rotatable bonds is 6. The van der Waals surface area contributed by atoms with E-state index in [0.29, 0.717) is 29.3 Å². The van der Waals surface area contributed by atoms with Crippen molar-refractivity contribution in [3.05, 3.63) is 27.0 Å². The highest BCUT2D eigenvalue weighted by atomic mass is 79.9. The summed E-state index contributed by atoms with van der Waals surface area (Å²) in [4.78, 5) is 29.1. The Balaban J connectivity index is 1.69. The minimum absolute atomic E-state index is 0.0705. The van der Waals surface area contributed by atoms with E-state index in [0.717, 1.165) is 12.8 Å². The van der Waals surface area contributed by atoms with Crippen LogP contribution in [0.4, 0.5) is 8.78 Å². The largest absolute Gasteiger partial charge is 0.492 e. The fourth-order valence-corrected chi connectivity index (χ4v) is 7.27. The van der Waals surface area contributed by atoms with Gasteiger partial charge in [0.25, 0.3) is 0 Å². The van der Waals surface area contributed by atoms with Gasteiger partial charge in [-0.25, -0.2) is 0 Å². The van der Waals surface area contributed by atoms with Crippen molar-refractivity contribution in [3.63, 3.8) is 0 Å². The third-order valence-electron chi connectivity index (χ3n) is 5.95. The number of benzene rings is 1. The van der Waals surface area contributed by atoms with Crippen molar-refractivity contribution in [1.82, 2.24) is 0 Å². The molecular weight excluding hydrogens is 491 g/mol. The van der Waals surface area contributed by atoms with Gasteiger partial charge in [-0.15, -0.1) is 11.3 Å². The van der Waals surface area contributed by atoms with E-state index in [1.807, 2.05) is 0 Å². The first-order valence-corrected chi connectivity index (χ1v) is 12.3. The smallest absolute Gasteiger partial charge is 0.400 e. The Morgan fingerprint density at radius 2 is 2.03 bits per heavy atom. The van der Waals surface area contributed by atoms with Gasteiger partial charge in [0.2, 0.25) is 5.91 Å². The quantitative estimate of drug-likeness (QED) is 0.477. The van der Waals surface area contributed by atoms with E-state index < -0.39 is 24.0 Å². The van der Waals surface area contributed by atoms with Crippen molar-refractivity contribution in [3.8, 4) is 5.75 Å². The molecule has 2 aliphatic rings. The summed E-state index contributed by atoms with van der Waals surface area (Å²) in [5.41, 5.74) is 1.52. The van der Waals surface area contributed by atoms with Crippen LogP contribution in [0.1, 0.15) is 47.3 Å². The highest BCUT2D eigenvalue weighted by Crippen LogP contribution is 2.63. The Morgan fingerprint density at radius 3 is 2.55 bits per heavy atom. The average molecular weight is 510 g/mol. The zero-order valence-electron chi connectivity index (χ0n) is 15.2. The van der Waals surface area contributed by atoms with Crippen molar-refractivity contribution in [2.45, 2.75) is 37.8 Å². The highest BCUT2D eigenvalue weighted by Gasteiger charge is 2.53. The Hall–Kier alpha value is -1.06. The predicted molar refractivity (Wildman–Crippen MR) is 108 cm³/mol. The Morgan fingerprint density at radius 1 is 1.38 bits per heavy atom. The summed E-state index contributed by atoms with van der Waals surface area (Å²) >= 11 is 3.55. The van der Waals surface area contributed by atoms with Crippen molar-refractivity contribution in [1.29, 1.82) is 0 Å². The molecule has 0 atom stereocenters. The lowest BCUT2D eigenvalue weighted by molar-refractivity contribution is -0.0414. The number of amides is 1. The lowest BCUT2D eigenvalue weighted by Crippen LogP contribution is -2.44. The SMILES string of the molecule is NC(=O)c1cc(OCC2CC3(CCC3)C2)c2sc(C(F)(F)P(=O)(O)O)c(Br)c2c1. The molecule has 2 saturated carbocycles. The third-order valence-corrected chi connectivity index (χ3v) is 9.43. The zero-order valence-corrected chi connectivity index (χ0v) is 18.5. The van der Waals surface area contributed by atoms with Gasteiger partial charge in [0, 0.05) is 15.4 Å². The minimum atomic E-state index is -5.74. The molecule has 4 rings (SSSR count). The fraction of sp³-hybridized carbons (Fsp3) is 0.500. The summed E-state index contributed by atoms with van der Waals surface area (Å²) in [5, 5.41) is 0.202. The molecule has 0 saturated heterocycles. The summed E-state index contributed by atoms with van der Waals surface area (Å²) in [7, 11) is -5.74. The van der Waals surface area contributed by atoms with E-state index >= 15 is 0 Å². The summed E-state index contributed by atoms with van der Waals surface area (Å²) in [5.74, 6) is -0.179. The van der Waals surface area contributed by atoms with Crippen LogP contribution in [0.5, 0.6) is 5.75 Å². The number of hydrogen-bond donors (Lipinski definition) is 3. The number of ether oxygens (including phenoxy) is 1. The average Bonchev–Trinajstić information content (AvgIpc) is 2.88. The molecule has 1 aromatic heterocycles. The Bertz CT molecular complexity index is 1040. The number of halogens is 3. The first kappa shape index (κ1) is 21.2. The van der Waals surface area contributed by atoms with Gasteiger partial charge in [0.1, 0.15) is 10.6 Å². The van der Waals surface area contributed by atoms with Gasteiger partial charge in [-0.1, -0.05) is 6.42 Å². The number of primary amides is 1. The molecule has 0 bridgehead atoms. The maximum absolute atomic E-state index is 14.3. The highest BCUT2D eigenvalue weighted by molar-refractivity contribution is 9.10. The minimum Gasteiger partial charge on any atom is -0.492 e. The molecule has 4 N–H and O–H groups in total. The van der Waals surface area contributed by atoms with Gasteiger partial charge >= 0.3 is 13.3 Å². The molecule has 29 heavy (non-hydrogen) atoms. The van der Waals surface area contributed by atoms with Gasteiger partial charge in [-0.05, 0) is 65.1 Å². The van der Waals surface area contributed by atoms with Crippen LogP contribution in [0, 0.1) is 11.3 Å². The van der Waals surface area contributed by atoms with Gasteiger partial charge in [-0.3, -0.25) is 9.36 Å². The first-order valence-electron chi connectivity index (χ1n) is 9.06. The molecule has 0 unspecified atom stereocenters. The molecule has 1 amide bonds. The van der Waals surface area contributed by atoms with E-state index in [4.69, 9.17) is 20.3 Å². The molecule has 2 aliphatic carbocycles. The van der Waals surface area contributed by atoms with Crippen LogP contribution in [-0.2, 0) is 10.2 Å². The molecule has 1 heterocycles. The molecule has 1 spiro atoms. The third kappa shape index (κ3) is 3.53. The first-order chi connectivity index (χ1) is 13.4. The van der Waals surface area contributed by atoms with Crippen LogP contribution >= 0.6 is 34.9 Å². The number of fused-ring (bicyclic) bond motifs is 1. The summed E-state index contributed by atoms with van der Waals surface area (Å²) in [6.45, 7) is 0.388. The van der Waals surface area contributed by atoms with E-state index in [9.17, 15) is 18.1 Å². The fourth-order valence-electron chi connectivity index (χ4n) is 4.29. The Kier molecular flexibility index (Phi) is 5.10. The van der Waals surface area contributed by atoms with Gasteiger partial charge in [0.15, 0.2) is 0 Å². The van der Waals surface area contributed by atoms with Crippen LogP contribution in [0.2, 0.25) is 0 Å². The zero-order chi connectivity index (χ0) is 21.2. The molecule has 0 radical (unpaired) electrons. The van der Waals surface area contributed by atoms with Crippen molar-refractivity contribution < 1.29 is 32.7 Å². The van der Waals surface area contributed by atoms with Gasteiger partial charge in [0.05, 0.1) is 11.3 Å². The summed E-state index contributed by atoms with van der Waals surface area (Å²) < 4.78 is 46.0. The molecule has 2 fully saturated rings. The lowest BCUT2D eigenvalue weighted by Gasteiger charge is -2.54. The molecule has 158 valence electrons. The van der Waals surface area contributed by atoms with E-state index in [1.54, 1.807) is 0 Å². The van der Waals surface area contributed by atoms with Crippen LogP contribution in [-0.4, -0.2) is 22.3 Å². The van der Waals surface area contributed by atoms with Gasteiger partial charge < -0.3 is 20.3 Å². The Labute approximate surface area is 177 Å². The maximum Gasteiger partial charge on any atom is 0.400 e. The molecular formula is C18H19BrF2NO5PS. The standard InChI is InChI=1S/C18H19BrF2NO5PS/c19-13-11-4-10(16(22)23)5-12(27-8-9-6-17(7-9)2-1-3-17)14(11)29-15(13)18(20,21)28(24,25)26/h4-5,9H,1-3,6-8H2,(H2,22,23)(H2,24,25,26). The number of carbonyl (C=O) groups is 1. The van der Waals surface area contributed by atoms with E-state index in [1.165, 1.54) is 31.4 Å². The van der Waals surface area contributed by atoms with Crippen LogP contribution in [0.15, 0.2) is 16.6 Å². The molecule has 6 nitrogen and oxygen atoms in total. The number of alkyl halides is 2. The second kappa shape index (κ2) is 6.99. The second-order valence-corrected chi connectivity index (χ2v) is 11.4. The molecule has 2 aromatic rings. The number of thiophene rings is 1. The number of nitrogens with two attached hydrogens (primary N) is 1. The summed E-state index contributed by atoms with van der Waals surface area (Å²) in [6, 6.07) is 2.71. The van der Waals surface area contributed by atoms with Gasteiger partial charge in [-0.2, -0.15) is 8.78 Å². The van der Waals surface area contributed by atoms with Crippen molar-refractivity contribution >= 4 is 50.9 Å². The number of hydrogen-bond acceptors (Lipinski definition) is 4. The lowest BCUT2D eigenvalue weighted by atomic mass is 9.52. The van der Waals surface area contributed by atoms with E-state index in [-0.39, 0.29) is 25.9 Å². The normalized spacial score (nSPS) is 19.2. The van der Waals surface area contributed by atoms with E-state index in [2.05, 4.69) is 15.9 Å². The van der Waals surface area contributed by atoms with Crippen LogP contribution < -0.4 is 10.5 Å². The summed E-state index contributed by atoms with van der Waals surface area (Å²) in [6.07, 6.45) is 5.88. The monoisotopic (exact) mass is 509 g/mol. The van der Waals surface area contributed by atoms with Crippen LogP contribution in [0.25, 0.3) is 10.1 Å². The van der Waals surface area contributed by atoms with Crippen molar-refractivity contribution in [2.24, 2.45) is 17.1 Å². The second-order valence-electron chi connectivity index (χ2n) is 7.98.